The summed E-state index contributed by atoms with van der Waals surface area (Å²) in [7, 11) is 0. The summed E-state index contributed by atoms with van der Waals surface area (Å²) in [5, 5.41) is 11.9. The molecule has 5 nitrogen and oxygen atoms in total. The third kappa shape index (κ3) is 4.92. The van der Waals surface area contributed by atoms with Crippen LogP contribution in [0.15, 0.2) is 78.2 Å². The Kier molecular flexibility index (Phi) is 6.77. The Morgan fingerprint density at radius 2 is 1.88 bits per heavy atom. The summed E-state index contributed by atoms with van der Waals surface area (Å²) in [6.07, 6.45) is -1.11. The third-order valence-corrected chi connectivity index (χ3v) is 5.75. The highest BCUT2D eigenvalue weighted by molar-refractivity contribution is 7.13. The van der Waals surface area contributed by atoms with Crippen LogP contribution < -0.4 is 4.74 Å². The van der Waals surface area contributed by atoms with Gasteiger partial charge in [0.25, 0.3) is 0 Å². The van der Waals surface area contributed by atoms with Crippen molar-refractivity contribution in [3.8, 4) is 33.6 Å². The molecule has 0 radical (unpaired) electrons. The Labute approximate surface area is 194 Å². The lowest BCUT2D eigenvalue weighted by molar-refractivity contribution is -0.151. The van der Waals surface area contributed by atoms with Gasteiger partial charge in [-0.3, -0.25) is 0 Å². The molecule has 0 saturated heterocycles. The zero-order valence-electron chi connectivity index (χ0n) is 17.7. The van der Waals surface area contributed by atoms with Crippen LogP contribution in [0.2, 0.25) is 0 Å². The second-order valence-electron chi connectivity index (χ2n) is 6.99. The number of aromatic nitrogens is 1. The van der Waals surface area contributed by atoms with E-state index in [0.717, 1.165) is 4.88 Å². The van der Waals surface area contributed by atoms with E-state index in [1.807, 2.05) is 23.6 Å². The van der Waals surface area contributed by atoms with Gasteiger partial charge in [-0.05, 0) is 42.1 Å². The molecule has 2 aromatic heterocycles. The lowest BCUT2D eigenvalue weighted by Crippen LogP contribution is -2.22. The van der Waals surface area contributed by atoms with Crippen molar-refractivity contribution in [3.63, 3.8) is 0 Å². The molecule has 164 valence electrons. The topological polar surface area (TPSA) is 72.2 Å². The summed E-state index contributed by atoms with van der Waals surface area (Å²) >= 11 is 1.48. The number of ether oxygens (including phenoxy) is 2. The van der Waals surface area contributed by atoms with Gasteiger partial charge in [0.2, 0.25) is 12.0 Å². The van der Waals surface area contributed by atoms with Crippen LogP contribution in [0.4, 0.5) is 4.39 Å². The predicted molar refractivity (Wildman–Crippen MR) is 124 cm³/mol. The Hall–Kier alpha value is -4.02. The summed E-state index contributed by atoms with van der Waals surface area (Å²) < 4.78 is 24.8. The number of pyridine rings is 1. The number of carbonyl (C=O) groups is 1. The van der Waals surface area contributed by atoms with E-state index in [0.29, 0.717) is 22.4 Å². The van der Waals surface area contributed by atoms with Crippen LogP contribution in [0.3, 0.4) is 0 Å². The predicted octanol–water partition coefficient (Wildman–Crippen LogP) is 6.17. The van der Waals surface area contributed by atoms with Gasteiger partial charge in [0.05, 0.1) is 17.2 Å². The molecule has 0 fully saturated rings. The molecule has 0 N–H and O–H groups in total. The van der Waals surface area contributed by atoms with E-state index in [1.165, 1.54) is 23.5 Å². The van der Waals surface area contributed by atoms with Crippen molar-refractivity contribution >= 4 is 17.3 Å². The van der Waals surface area contributed by atoms with Gasteiger partial charge in [0, 0.05) is 11.1 Å². The van der Waals surface area contributed by atoms with Gasteiger partial charge in [0.1, 0.15) is 17.4 Å². The van der Waals surface area contributed by atoms with Gasteiger partial charge in [-0.15, -0.1) is 11.3 Å². The molecule has 2 heterocycles. The summed E-state index contributed by atoms with van der Waals surface area (Å²) in [5.74, 6) is -0.961. The molecule has 1 unspecified atom stereocenters. The molecular formula is C26H19FN2O3S. The van der Waals surface area contributed by atoms with E-state index >= 15 is 0 Å². The molecule has 0 amide bonds. The van der Waals surface area contributed by atoms with Gasteiger partial charge in [-0.25, -0.2) is 14.2 Å². The summed E-state index contributed by atoms with van der Waals surface area (Å²) in [6, 6.07) is 22.4. The van der Waals surface area contributed by atoms with Crippen molar-refractivity contribution in [1.29, 1.82) is 5.26 Å². The quantitative estimate of drug-likeness (QED) is 0.310. The van der Waals surface area contributed by atoms with E-state index in [-0.39, 0.29) is 23.9 Å². The van der Waals surface area contributed by atoms with E-state index in [2.05, 4.69) is 11.1 Å². The van der Waals surface area contributed by atoms with E-state index in [1.54, 1.807) is 49.4 Å². The Morgan fingerprint density at radius 1 is 1.12 bits per heavy atom. The zero-order valence-corrected chi connectivity index (χ0v) is 18.5. The average Bonchev–Trinajstić information content (AvgIpc) is 3.38. The first kappa shape index (κ1) is 22.2. The first-order chi connectivity index (χ1) is 16.1. The number of nitrogens with zero attached hydrogens (tertiary/aromatic N) is 2. The number of carbonyl (C=O) groups excluding carboxylic acids is 1. The van der Waals surface area contributed by atoms with Crippen LogP contribution >= 0.6 is 11.3 Å². The number of hydrogen-bond donors (Lipinski definition) is 0. The fourth-order valence-corrected chi connectivity index (χ4v) is 4.02. The van der Waals surface area contributed by atoms with Crippen LogP contribution in [0.25, 0.3) is 21.7 Å². The van der Waals surface area contributed by atoms with Crippen molar-refractivity contribution in [2.75, 3.05) is 6.61 Å². The van der Waals surface area contributed by atoms with Crippen LogP contribution in [-0.2, 0) is 9.53 Å². The molecule has 1 atom stereocenters. The van der Waals surface area contributed by atoms with Crippen molar-refractivity contribution in [2.45, 2.75) is 13.0 Å². The first-order valence-electron chi connectivity index (χ1n) is 10.2. The number of benzene rings is 2. The Bertz CT molecular complexity index is 1280. The highest BCUT2D eigenvalue weighted by atomic mass is 32.1. The van der Waals surface area contributed by atoms with Crippen molar-refractivity contribution < 1.29 is 18.7 Å². The molecule has 0 bridgehead atoms. The number of nitriles is 1. The molecule has 0 aliphatic rings. The SMILES string of the molecule is CCOC(=O)C(Oc1nc(-c2cccs2)cc(-c2ccc(F)cc2)c1C#N)c1ccccc1. The molecule has 0 saturated carbocycles. The minimum absolute atomic E-state index is 0.00429. The monoisotopic (exact) mass is 458 g/mol. The fourth-order valence-electron chi connectivity index (χ4n) is 3.33. The van der Waals surface area contributed by atoms with Gasteiger partial charge < -0.3 is 9.47 Å². The lowest BCUT2D eigenvalue weighted by Gasteiger charge is -2.19. The van der Waals surface area contributed by atoms with Crippen LogP contribution in [0.1, 0.15) is 24.2 Å². The lowest BCUT2D eigenvalue weighted by atomic mass is 10.00. The summed E-state index contributed by atoms with van der Waals surface area (Å²) in [6.45, 7) is 1.89. The molecule has 0 aliphatic heterocycles. The Morgan fingerprint density at radius 3 is 2.52 bits per heavy atom. The van der Waals surface area contributed by atoms with Crippen LogP contribution in [-0.4, -0.2) is 17.6 Å². The number of rotatable bonds is 7. The minimum Gasteiger partial charge on any atom is -0.463 e. The number of hydrogen-bond acceptors (Lipinski definition) is 6. The van der Waals surface area contributed by atoms with Crippen molar-refractivity contribution in [1.82, 2.24) is 4.98 Å². The second-order valence-corrected chi connectivity index (χ2v) is 7.94. The van der Waals surface area contributed by atoms with Crippen molar-refractivity contribution in [2.24, 2.45) is 0 Å². The van der Waals surface area contributed by atoms with Gasteiger partial charge >= 0.3 is 5.97 Å². The average molecular weight is 459 g/mol. The van der Waals surface area contributed by atoms with Crippen molar-refractivity contribution in [3.05, 3.63) is 95.1 Å². The second kappa shape index (κ2) is 10.1. The van der Waals surface area contributed by atoms with E-state index in [4.69, 9.17) is 9.47 Å². The molecular weight excluding hydrogens is 439 g/mol. The third-order valence-electron chi connectivity index (χ3n) is 4.86. The molecule has 0 spiro atoms. The molecule has 33 heavy (non-hydrogen) atoms. The minimum atomic E-state index is -1.11. The van der Waals surface area contributed by atoms with Gasteiger partial charge in [0.15, 0.2) is 0 Å². The highest BCUT2D eigenvalue weighted by Gasteiger charge is 2.27. The fraction of sp³-hybridized carbons (Fsp3) is 0.115. The molecule has 7 heteroatoms. The van der Waals surface area contributed by atoms with Gasteiger partial charge in [-0.1, -0.05) is 48.5 Å². The molecule has 4 aromatic rings. The normalized spacial score (nSPS) is 11.4. The Balaban J connectivity index is 1.88. The van der Waals surface area contributed by atoms with E-state index < -0.39 is 12.1 Å². The summed E-state index contributed by atoms with van der Waals surface area (Å²) in [4.78, 5) is 18.2. The smallest absolute Gasteiger partial charge is 0.352 e. The zero-order chi connectivity index (χ0) is 23.2. The number of halogens is 1. The molecule has 4 rings (SSSR count). The van der Waals surface area contributed by atoms with Crippen LogP contribution in [0.5, 0.6) is 5.88 Å². The number of thiophene rings is 1. The molecule has 2 aromatic carbocycles. The highest BCUT2D eigenvalue weighted by Crippen LogP contribution is 2.36. The maximum atomic E-state index is 13.5. The molecule has 0 aliphatic carbocycles. The maximum absolute atomic E-state index is 13.5. The number of esters is 1. The summed E-state index contributed by atoms with van der Waals surface area (Å²) in [5.41, 5.74) is 2.46. The van der Waals surface area contributed by atoms with Gasteiger partial charge in [-0.2, -0.15) is 5.26 Å². The first-order valence-corrected chi connectivity index (χ1v) is 11.1. The maximum Gasteiger partial charge on any atom is 0.352 e. The van der Waals surface area contributed by atoms with Crippen LogP contribution in [0, 0.1) is 17.1 Å². The standard InChI is InChI=1S/C26H19FN2O3S/c1-2-31-26(30)24(18-7-4-3-5-8-18)32-25-21(16-28)20(17-10-12-19(27)13-11-17)15-22(29-25)23-9-6-14-33-23/h3-15,24H,2H2,1H3. The largest absolute Gasteiger partial charge is 0.463 e. The van der Waals surface area contributed by atoms with E-state index in [9.17, 15) is 14.4 Å².